The molecule has 1 N–H and O–H groups in total. The van der Waals surface area contributed by atoms with Crippen LogP contribution in [0.4, 0.5) is 4.79 Å². The molecule has 4 aliphatic carbocycles. The predicted molar refractivity (Wildman–Crippen MR) is 153 cm³/mol. The second kappa shape index (κ2) is 11.6. The van der Waals surface area contributed by atoms with Gasteiger partial charge >= 0.3 is 6.09 Å². The smallest absolute Gasteiger partial charge is 0.330 e. The number of ketones is 1. The van der Waals surface area contributed by atoms with Crippen LogP contribution in [0, 0.1) is 40.4 Å². The molecule has 4 rings (SSSR count). The number of likely N-dealkylation sites (N-methyl/N-ethyl adjacent to an activating group) is 2. The van der Waals surface area contributed by atoms with Gasteiger partial charge in [0.25, 0.3) is 0 Å². The molecule has 0 aromatic carbocycles. The zero-order valence-corrected chi connectivity index (χ0v) is 25.4. The Morgan fingerprint density at radius 1 is 1.05 bits per heavy atom. The SMILES string of the molecule is CCN(CCNCC[N+](C)(C)C)C(=O)O/N=C(\C)[C@H]1CC[C@H]2[C@@H]3CC[C@H]4CC(=O)CC[C@]4(C)[C@H]3CC[C@]12C. The molecule has 7 nitrogen and oxygen atoms in total. The molecule has 0 bridgehead atoms. The Labute approximate surface area is 231 Å². The maximum Gasteiger partial charge on any atom is 0.436 e. The van der Waals surface area contributed by atoms with Gasteiger partial charge in [0.15, 0.2) is 0 Å². The van der Waals surface area contributed by atoms with Gasteiger partial charge in [-0.15, -0.1) is 0 Å². The summed E-state index contributed by atoms with van der Waals surface area (Å²) >= 11 is 0. The van der Waals surface area contributed by atoms with Crippen molar-refractivity contribution in [2.24, 2.45) is 45.6 Å². The lowest BCUT2D eigenvalue weighted by atomic mass is 9.44. The zero-order chi connectivity index (χ0) is 27.7. The van der Waals surface area contributed by atoms with Gasteiger partial charge in [0, 0.05) is 44.9 Å². The second-order valence-electron chi connectivity index (χ2n) is 14.5. The second-order valence-corrected chi connectivity index (χ2v) is 14.5. The number of fused-ring (bicyclic) bond motifs is 5. The zero-order valence-electron chi connectivity index (χ0n) is 25.4. The number of amides is 1. The molecule has 4 aliphatic rings. The summed E-state index contributed by atoms with van der Waals surface area (Å²) in [6.45, 7) is 13.0. The van der Waals surface area contributed by atoms with Crippen molar-refractivity contribution >= 4 is 17.6 Å². The van der Waals surface area contributed by atoms with Gasteiger partial charge < -0.3 is 14.7 Å². The molecule has 0 aromatic rings. The molecule has 0 saturated heterocycles. The Balaban J connectivity index is 1.33. The Hall–Kier alpha value is -1.47. The maximum absolute atomic E-state index is 12.8. The van der Waals surface area contributed by atoms with Crippen LogP contribution in [0.1, 0.15) is 85.5 Å². The number of rotatable bonds is 9. The van der Waals surface area contributed by atoms with Crippen molar-refractivity contribution in [2.75, 3.05) is 53.9 Å². The third-order valence-electron chi connectivity index (χ3n) is 11.4. The summed E-state index contributed by atoms with van der Waals surface area (Å²) in [5.41, 5.74) is 1.57. The number of quaternary nitrogens is 1. The van der Waals surface area contributed by atoms with Gasteiger partial charge in [0.2, 0.25) is 0 Å². The van der Waals surface area contributed by atoms with E-state index in [1.165, 1.54) is 32.1 Å². The lowest BCUT2D eigenvalue weighted by Crippen LogP contribution is -2.53. The molecule has 4 saturated carbocycles. The van der Waals surface area contributed by atoms with E-state index in [-0.39, 0.29) is 11.5 Å². The fourth-order valence-corrected chi connectivity index (χ4v) is 9.10. The highest BCUT2D eigenvalue weighted by molar-refractivity contribution is 5.85. The highest BCUT2D eigenvalue weighted by Gasteiger charge is 2.60. The molecule has 0 heterocycles. The number of hydrogen-bond donors (Lipinski definition) is 1. The monoisotopic (exact) mass is 531 g/mol. The summed E-state index contributed by atoms with van der Waals surface area (Å²) in [5.74, 6) is 3.72. The van der Waals surface area contributed by atoms with Gasteiger partial charge in [-0.25, -0.2) is 4.79 Å². The number of hydrogen-bond acceptors (Lipinski definition) is 5. The minimum Gasteiger partial charge on any atom is -0.330 e. The summed E-state index contributed by atoms with van der Waals surface area (Å²) < 4.78 is 0.920. The minimum absolute atomic E-state index is 0.231. The molecule has 0 aromatic heterocycles. The van der Waals surface area contributed by atoms with Crippen LogP contribution in [0.25, 0.3) is 0 Å². The summed E-state index contributed by atoms with van der Waals surface area (Å²) in [6, 6.07) is 0. The summed E-state index contributed by atoms with van der Waals surface area (Å²) in [4.78, 5) is 32.3. The van der Waals surface area contributed by atoms with Crippen molar-refractivity contribution < 1.29 is 18.9 Å². The molecule has 0 spiro atoms. The van der Waals surface area contributed by atoms with E-state index < -0.39 is 0 Å². The van der Waals surface area contributed by atoms with Crippen molar-refractivity contribution in [3.8, 4) is 0 Å². The molecule has 0 unspecified atom stereocenters. The van der Waals surface area contributed by atoms with E-state index in [2.05, 4.69) is 52.4 Å². The lowest BCUT2D eigenvalue weighted by Gasteiger charge is -2.60. The highest BCUT2D eigenvalue weighted by Crippen LogP contribution is 2.67. The molecule has 4 fully saturated rings. The van der Waals surface area contributed by atoms with Crippen molar-refractivity contribution in [2.45, 2.75) is 85.5 Å². The van der Waals surface area contributed by atoms with Crippen LogP contribution in [-0.2, 0) is 9.63 Å². The normalized spacial score (nSPS) is 37.3. The van der Waals surface area contributed by atoms with Crippen LogP contribution in [0.5, 0.6) is 0 Å². The summed E-state index contributed by atoms with van der Waals surface area (Å²) in [7, 11) is 6.54. The van der Waals surface area contributed by atoms with Crippen LogP contribution in [0.2, 0.25) is 0 Å². The van der Waals surface area contributed by atoms with Crippen molar-refractivity contribution in [3.05, 3.63) is 0 Å². The van der Waals surface area contributed by atoms with Gasteiger partial charge in [-0.3, -0.25) is 9.63 Å². The molecule has 216 valence electrons. The van der Waals surface area contributed by atoms with Crippen molar-refractivity contribution in [3.63, 3.8) is 0 Å². The first-order valence-electron chi connectivity index (χ1n) is 15.4. The Morgan fingerprint density at radius 3 is 2.50 bits per heavy atom. The molecule has 7 atom stereocenters. The molecule has 7 heteroatoms. The van der Waals surface area contributed by atoms with Gasteiger partial charge in [-0.05, 0) is 93.3 Å². The third kappa shape index (κ3) is 5.99. The predicted octanol–water partition coefficient (Wildman–Crippen LogP) is 5.34. The largest absolute Gasteiger partial charge is 0.436 e. The first kappa shape index (κ1) is 29.5. The topological polar surface area (TPSA) is 71.0 Å². The van der Waals surface area contributed by atoms with Crippen molar-refractivity contribution in [1.29, 1.82) is 0 Å². The maximum atomic E-state index is 12.8. The van der Waals surface area contributed by atoms with Crippen LogP contribution >= 0.6 is 0 Å². The van der Waals surface area contributed by atoms with Crippen LogP contribution < -0.4 is 5.32 Å². The lowest BCUT2D eigenvalue weighted by molar-refractivity contribution is -0.869. The number of Topliss-reactive ketones (excluding diaryl/α,β-unsaturated/α-hetero) is 1. The Bertz CT molecular complexity index is 898. The first-order chi connectivity index (χ1) is 17.9. The minimum atomic E-state index is -0.346. The Morgan fingerprint density at radius 2 is 1.79 bits per heavy atom. The van der Waals surface area contributed by atoms with Gasteiger partial charge in [-0.1, -0.05) is 19.0 Å². The molecular weight excluding hydrogens is 476 g/mol. The van der Waals surface area contributed by atoms with E-state index in [0.29, 0.717) is 42.0 Å². The Kier molecular flexibility index (Phi) is 8.98. The van der Waals surface area contributed by atoms with E-state index in [1.807, 2.05) is 6.92 Å². The molecular formula is C31H55N4O3+. The quantitative estimate of drug-likeness (QED) is 0.143. The van der Waals surface area contributed by atoms with Gasteiger partial charge in [0.05, 0.1) is 33.4 Å². The van der Waals surface area contributed by atoms with Crippen LogP contribution in [0.15, 0.2) is 5.16 Å². The molecule has 0 aliphatic heterocycles. The molecule has 0 radical (unpaired) electrons. The van der Waals surface area contributed by atoms with E-state index >= 15 is 0 Å². The summed E-state index contributed by atoms with van der Waals surface area (Å²) in [5, 5.41) is 7.88. The fourth-order valence-electron chi connectivity index (χ4n) is 9.10. The summed E-state index contributed by atoms with van der Waals surface area (Å²) in [6.07, 6.45) is 9.76. The molecule has 1 amide bonds. The van der Waals surface area contributed by atoms with Gasteiger partial charge in [-0.2, -0.15) is 0 Å². The fraction of sp³-hybridized carbons (Fsp3) is 0.903. The number of oxime groups is 1. The van der Waals surface area contributed by atoms with E-state index in [0.717, 1.165) is 67.3 Å². The highest BCUT2D eigenvalue weighted by atomic mass is 16.7. The number of carbonyl (C=O) groups excluding carboxylic acids is 2. The average Bonchev–Trinajstić information content (AvgIpc) is 3.21. The van der Waals surface area contributed by atoms with Crippen LogP contribution in [-0.4, -0.2) is 80.8 Å². The number of nitrogens with zero attached hydrogens (tertiary/aromatic N) is 3. The first-order valence-corrected chi connectivity index (χ1v) is 15.4. The molecule has 38 heavy (non-hydrogen) atoms. The average molecular weight is 532 g/mol. The van der Waals surface area contributed by atoms with Crippen LogP contribution in [0.3, 0.4) is 0 Å². The number of nitrogens with one attached hydrogen (secondary N) is 1. The standard InChI is InChI=1S/C31H55N4O3/c1-8-34(19-17-32-18-20-35(5,6)7)29(37)38-33-22(2)26-11-12-27-25-10-9-23-21-24(36)13-15-30(23,3)28(25)14-16-31(26,27)4/h23,25-28,32H,8-21H2,1-7H3/q+1/b33-22+/t23-,25-,26+,27-,28-,30-,31+/m0/s1. The third-order valence-corrected chi connectivity index (χ3v) is 11.4. The van der Waals surface area contributed by atoms with E-state index in [9.17, 15) is 9.59 Å². The van der Waals surface area contributed by atoms with E-state index in [4.69, 9.17) is 4.84 Å². The van der Waals surface area contributed by atoms with Gasteiger partial charge in [0.1, 0.15) is 5.78 Å². The van der Waals surface area contributed by atoms with Crippen molar-refractivity contribution in [1.82, 2.24) is 10.2 Å². The number of carbonyl (C=O) groups is 2. The van der Waals surface area contributed by atoms with E-state index in [1.54, 1.807) is 4.90 Å².